The monoisotopic (exact) mass is 585 g/mol. The quantitative estimate of drug-likeness (QED) is 0.272. The van der Waals surface area contributed by atoms with Crippen molar-refractivity contribution in [3.63, 3.8) is 0 Å². The number of carbonyl (C=O) groups is 1. The van der Waals surface area contributed by atoms with Gasteiger partial charge in [0.2, 0.25) is 5.95 Å². The molecule has 10 nitrogen and oxygen atoms in total. The summed E-state index contributed by atoms with van der Waals surface area (Å²) in [5.41, 5.74) is 3.91. The molecule has 1 fully saturated rings. The zero-order valence-electron chi connectivity index (χ0n) is 22.2. The Bertz CT molecular complexity index is 1550. The number of hydrazine groups is 1. The van der Waals surface area contributed by atoms with Crippen LogP contribution in [-0.2, 0) is 6.18 Å². The molecule has 4 aromatic rings. The first kappa shape index (κ1) is 28.3. The summed E-state index contributed by atoms with van der Waals surface area (Å²) >= 11 is 5.69. The van der Waals surface area contributed by atoms with E-state index in [-0.39, 0.29) is 11.3 Å². The van der Waals surface area contributed by atoms with E-state index in [4.69, 9.17) is 11.6 Å². The van der Waals surface area contributed by atoms with E-state index in [1.54, 1.807) is 35.2 Å². The van der Waals surface area contributed by atoms with Crippen LogP contribution >= 0.6 is 11.6 Å². The minimum Gasteiger partial charge on any atom is -0.325 e. The van der Waals surface area contributed by atoms with E-state index in [1.807, 2.05) is 13.0 Å². The number of nitrogens with zero attached hydrogens (tertiary/aromatic N) is 6. The van der Waals surface area contributed by atoms with Crippen LogP contribution in [0.2, 0.25) is 5.02 Å². The van der Waals surface area contributed by atoms with Gasteiger partial charge in [0, 0.05) is 61.6 Å². The molecule has 2 aromatic heterocycles. The molecule has 5 rings (SSSR count). The number of piperazine rings is 1. The maximum Gasteiger partial charge on any atom is 0.417 e. The zero-order valence-corrected chi connectivity index (χ0v) is 23.0. The van der Waals surface area contributed by atoms with Crippen LogP contribution in [0.15, 0.2) is 61.2 Å². The second-order valence-corrected chi connectivity index (χ2v) is 9.99. The molecule has 1 aliphatic rings. The van der Waals surface area contributed by atoms with E-state index in [0.29, 0.717) is 23.3 Å². The van der Waals surface area contributed by atoms with Crippen molar-refractivity contribution in [1.29, 1.82) is 0 Å². The van der Waals surface area contributed by atoms with Crippen LogP contribution in [0.3, 0.4) is 0 Å². The van der Waals surface area contributed by atoms with Crippen LogP contribution in [-0.4, -0.2) is 68.6 Å². The fourth-order valence-corrected chi connectivity index (χ4v) is 4.47. The van der Waals surface area contributed by atoms with Crippen molar-refractivity contribution in [1.82, 2.24) is 29.4 Å². The van der Waals surface area contributed by atoms with Gasteiger partial charge in [-0.05, 0) is 49.9 Å². The van der Waals surface area contributed by atoms with Crippen molar-refractivity contribution in [3.05, 3.63) is 82.9 Å². The molecule has 3 heterocycles. The topological polar surface area (TPSA) is 103 Å². The summed E-state index contributed by atoms with van der Waals surface area (Å²) in [6.45, 7) is 5.47. The number of halogens is 4. The Hall–Kier alpha value is -4.20. The Morgan fingerprint density at radius 2 is 1.78 bits per heavy atom. The minimum atomic E-state index is -4.65. The highest BCUT2D eigenvalue weighted by atomic mass is 35.5. The summed E-state index contributed by atoms with van der Waals surface area (Å²) in [5.74, 6) is 1.08. The molecule has 1 saturated heterocycles. The lowest BCUT2D eigenvalue weighted by atomic mass is 10.1. The Morgan fingerprint density at radius 1 is 1.00 bits per heavy atom. The minimum absolute atomic E-state index is 0.0258. The highest BCUT2D eigenvalue weighted by Crippen LogP contribution is 2.36. The Kier molecular flexibility index (Phi) is 8.10. The van der Waals surface area contributed by atoms with Crippen LogP contribution in [0.25, 0.3) is 5.82 Å². The van der Waals surface area contributed by atoms with Crippen molar-refractivity contribution in [2.24, 2.45) is 0 Å². The fraction of sp³-hybridized carbons (Fsp3) is 0.259. The van der Waals surface area contributed by atoms with E-state index in [9.17, 15) is 18.0 Å². The van der Waals surface area contributed by atoms with Gasteiger partial charge in [0.1, 0.15) is 18.0 Å². The number of rotatable bonds is 7. The van der Waals surface area contributed by atoms with Gasteiger partial charge in [-0.15, -0.1) is 0 Å². The van der Waals surface area contributed by atoms with Gasteiger partial charge in [-0.1, -0.05) is 17.7 Å². The second-order valence-electron chi connectivity index (χ2n) is 9.59. The first-order valence-electron chi connectivity index (χ1n) is 12.7. The molecule has 0 saturated carbocycles. The molecule has 1 amide bonds. The van der Waals surface area contributed by atoms with Gasteiger partial charge in [-0.25, -0.2) is 20.0 Å². The van der Waals surface area contributed by atoms with E-state index in [1.165, 1.54) is 12.4 Å². The van der Waals surface area contributed by atoms with Crippen LogP contribution < -0.4 is 16.1 Å². The predicted octanol–water partition coefficient (Wildman–Crippen LogP) is 5.21. The predicted molar refractivity (Wildman–Crippen MR) is 151 cm³/mol. The van der Waals surface area contributed by atoms with Crippen LogP contribution in [0.4, 0.5) is 36.3 Å². The lowest BCUT2D eigenvalue weighted by Crippen LogP contribution is -2.47. The van der Waals surface area contributed by atoms with Crippen molar-refractivity contribution >= 4 is 40.6 Å². The van der Waals surface area contributed by atoms with Gasteiger partial charge >= 0.3 is 6.18 Å². The number of anilines is 4. The first-order chi connectivity index (χ1) is 19.6. The SMILES string of the molecule is Cc1ccc(C(=O)Nc2ccc(Cl)c(C(F)(F)F)c2)cc1Nc1nccn1-c1cc(NN2CCN(C)CC2)ncn1. The standard InChI is InChI=1S/C27H27ClF3N9O/c1-17-3-4-18(25(41)35-19-5-6-21(28)20(14-19)27(29,30)31)13-22(17)36-26-32-7-8-40(26)24-15-23(33-16-34-24)37-39-11-9-38(2)10-12-39/h3-8,13-16H,9-12H2,1-2H3,(H,32,36)(H,35,41)(H,33,34,37). The van der Waals surface area contributed by atoms with Crippen molar-refractivity contribution in [2.45, 2.75) is 13.1 Å². The van der Waals surface area contributed by atoms with Gasteiger partial charge in [-0.3, -0.25) is 9.36 Å². The van der Waals surface area contributed by atoms with Crippen LogP contribution in [0, 0.1) is 6.92 Å². The van der Waals surface area contributed by atoms with Crippen LogP contribution in [0.5, 0.6) is 0 Å². The average Bonchev–Trinajstić information content (AvgIpc) is 3.40. The number of imidazole rings is 1. The molecule has 0 unspecified atom stereocenters. The average molecular weight is 586 g/mol. The third kappa shape index (κ3) is 6.76. The molecule has 41 heavy (non-hydrogen) atoms. The van der Waals surface area contributed by atoms with Crippen LogP contribution in [0.1, 0.15) is 21.5 Å². The number of carbonyl (C=O) groups excluding carboxylic acids is 1. The summed E-state index contributed by atoms with van der Waals surface area (Å²) < 4.78 is 41.4. The van der Waals surface area contributed by atoms with Gasteiger partial charge in [-0.2, -0.15) is 13.2 Å². The summed E-state index contributed by atoms with van der Waals surface area (Å²) in [4.78, 5) is 28.3. The van der Waals surface area contributed by atoms with E-state index < -0.39 is 22.7 Å². The highest BCUT2D eigenvalue weighted by molar-refractivity contribution is 6.31. The second kappa shape index (κ2) is 11.7. The largest absolute Gasteiger partial charge is 0.417 e. The maximum absolute atomic E-state index is 13.2. The molecule has 0 radical (unpaired) electrons. The number of amides is 1. The Morgan fingerprint density at radius 3 is 2.54 bits per heavy atom. The zero-order chi connectivity index (χ0) is 29.1. The van der Waals surface area contributed by atoms with Gasteiger partial charge in [0.25, 0.3) is 5.91 Å². The van der Waals surface area contributed by atoms with Crippen molar-refractivity contribution in [2.75, 3.05) is 49.3 Å². The number of alkyl halides is 3. The molecule has 0 spiro atoms. The molecule has 1 aliphatic heterocycles. The van der Waals surface area contributed by atoms with Gasteiger partial charge < -0.3 is 21.0 Å². The molecule has 0 aliphatic carbocycles. The third-order valence-electron chi connectivity index (χ3n) is 6.59. The van der Waals surface area contributed by atoms with E-state index in [0.717, 1.165) is 43.9 Å². The molecule has 2 aromatic carbocycles. The summed E-state index contributed by atoms with van der Waals surface area (Å²) in [7, 11) is 2.09. The third-order valence-corrected chi connectivity index (χ3v) is 6.92. The molecule has 14 heteroatoms. The number of hydrogen-bond acceptors (Lipinski definition) is 8. The summed E-state index contributed by atoms with van der Waals surface area (Å²) in [5, 5.41) is 7.39. The van der Waals surface area contributed by atoms with E-state index in [2.05, 4.69) is 48.0 Å². The summed E-state index contributed by atoms with van der Waals surface area (Å²) in [6.07, 6.45) is 0.179. The number of likely N-dealkylation sites (N-methyl/N-ethyl adjacent to an activating group) is 1. The Balaban J connectivity index is 1.32. The highest BCUT2D eigenvalue weighted by Gasteiger charge is 2.33. The summed E-state index contributed by atoms with van der Waals surface area (Å²) in [6, 6.07) is 9.95. The lowest BCUT2D eigenvalue weighted by molar-refractivity contribution is -0.137. The molecule has 3 N–H and O–H groups in total. The fourth-order valence-electron chi connectivity index (χ4n) is 4.24. The molecular formula is C27H27ClF3N9O. The van der Waals surface area contributed by atoms with Crippen molar-refractivity contribution in [3.8, 4) is 5.82 Å². The number of benzene rings is 2. The molecule has 214 valence electrons. The van der Waals surface area contributed by atoms with Gasteiger partial charge in [0.05, 0.1) is 10.6 Å². The first-order valence-corrected chi connectivity index (χ1v) is 13.1. The Labute approximate surface area is 239 Å². The van der Waals surface area contributed by atoms with Gasteiger partial charge in [0.15, 0.2) is 0 Å². The normalized spacial score (nSPS) is 14.6. The van der Waals surface area contributed by atoms with Crippen molar-refractivity contribution < 1.29 is 18.0 Å². The lowest BCUT2D eigenvalue weighted by Gasteiger charge is -2.32. The van der Waals surface area contributed by atoms with E-state index >= 15 is 0 Å². The smallest absolute Gasteiger partial charge is 0.325 e. The number of hydrogen-bond donors (Lipinski definition) is 3. The molecular weight excluding hydrogens is 559 g/mol. The maximum atomic E-state index is 13.2. The molecule has 0 bridgehead atoms. The number of nitrogens with one attached hydrogen (secondary N) is 3. The number of aromatic nitrogens is 4. The number of aryl methyl sites for hydroxylation is 1. The molecule has 0 atom stereocenters.